The van der Waals surface area contributed by atoms with E-state index < -0.39 is 12.1 Å². The fourth-order valence-electron chi connectivity index (χ4n) is 4.03. The van der Waals surface area contributed by atoms with Gasteiger partial charge in [0.1, 0.15) is 0 Å². The molecule has 0 spiro atoms. The van der Waals surface area contributed by atoms with Crippen molar-refractivity contribution in [1.29, 1.82) is 0 Å². The summed E-state index contributed by atoms with van der Waals surface area (Å²) in [5.41, 5.74) is 3.20. The van der Waals surface area contributed by atoms with Crippen LogP contribution in [0.3, 0.4) is 0 Å². The maximum atomic E-state index is 13.1. The first-order valence-corrected chi connectivity index (χ1v) is 10.3. The first-order valence-electron chi connectivity index (χ1n) is 10.3. The maximum Gasteiger partial charge on any atom is 0.339 e. The lowest BCUT2D eigenvalue weighted by Crippen LogP contribution is -2.40. The van der Waals surface area contributed by atoms with Crippen LogP contribution in [-0.2, 0) is 16.6 Å². The number of carbonyl (C=O) groups excluding carboxylic acids is 2. The number of rotatable bonds is 5. The van der Waals surface area contributed by atoms with Crippen LogP contribution in [0.2, 0.25) is 0 Å². The van der Waals surface area contributed by atoms with E-state index in [9.17, 15) is 9.59 Å². The Hall–Kier alpha value is -3.22. The number of fused-ring (bicyclic) bond motifs is 1. The Labute approximate surface area is 175 Å². The molecule has 7 heteroatoms. The summed E-state index contributed by atoms with van der Waals surface area (Å²) in [6.07, 6.45) is 3.32. The molecular formula is C23H26N4O3. The summed E-state index contributed by atoms with van der Waals surface area (Å²) in [6, 6.07) is 11.5. The van der Waals surface area contributed by atoms with E-state index in [1.54, 1.807) is 24.7 Å². The minimum Gasteiger partial charge on any atom is -0.449 e. The number of benzene rings is 1. The smallest absolute Gasteiger partial charge is 0.339 e. The van der Waals surface area contributed by atoms with Gasteiger partial charge in [0.2, 0.25) is 0 Å². The Morgan fingerprint density at radius 1 is 1.20 bits per heavy atom. The van der Waals surface area contributed by atoms with E-state index in [0.29, 0.717) is 28.0 Å². The summed E-state index contributed by atoms with van der Waals surface area (Å²) in [4.78, 5) is 30.3. The Morgan fingerprint density at radius 2 is 1.90 bits per heavy atom. The Balaban J connectivity index is 1.64. The molecule has 4 rings (SSSR count). The van der Waals surface area contributed by atoms with Crippen LogP contribution in [0.5, 0.6) is 0 Å². The SMILES string of the molecule is Cc1nn(C)c2nc(-c3ccccc3)cc(C(=O)OC(C)C(=O)NC3CCCC3)c12. The van der Waals surface area contributed by atoms with Gasteiger partial charge < -0.3 is 10.1 Å². The molecular weight excluding hydrogens is 380 g/mol. The molecule has 1 N–H and O–H groups in total. The highest BCUT2D eigenvalue weighted by molar-refractivity contribution is 6.05. The molecule has 2 aromatic heterocycles. The van der Waals surface area contributed by atoms with Crippen LogP contribution in [-0.4, -0.2) is 38.8 Å². The number of amides is 1. The molecule has 3 aromatic rings. The highest BCUT2D eigenvalue weighted by Crippen LogP contribution is 2.27. The summed E-state index contributed by atoms with van der Waals surface area (Å²) < 4.78 is 7.21. The summed E-state index contributed by atoms with van der Waals surface area (Å²) >= 11 is 0. The van der Waals surface area contributed by atoms with Crippen LogP contribution >= 0.6 is 0 Å². The second-order valence-corrected chi connectivity index (χ2v) is 7.87. The summed E-state index contributed by atoms with van der Waals surface area (Å²) in [6.45, 7) is 3.44. The zero-order valence-corrected chi connectivity index (χ0v) is 17.5. The van der Waals surface area contributed by atoms with Gasteiger partial charge in [-0.15, -0.1) is 0 Å². The lowest BCUT2D eigenvalue weighted by atomic mass is 10.1. The Bertz CT molecular complexity index is 1080. The number of ether oxygens (including phenoxy) is 1. The van der Waals surface area contributed by atoms with Crippen molar-refractivity contribution in [3.05, 3.63) is 47.7 Å². The molecule has 2 heterocycles. The van der Waals surface area contributed by atoms with Gasteiger partial charge in [-0.1, -0.05) is 43.2 Å². The number of pyridine rings is 1. The molecule has 156 valence electrons. The summed E-state index contributed by atoms with van der Waals surface area (Å²) in [5.74, 6) is -0.809. The van der Waals surface area contributed by atoms with Crippen LogP contribution in [0.15, 0.2) is 36.4 Å². The van der Waals surface area contributed by atoms with Gasteiger partial charge in [0.25, 0.3) is 5.91 Å². The third-order valence-electron chi connectivity index (χ3n) is 5.61. The summed E-state index contributed by atoms with van der Waals surface area (Å²) in [7, 11) is 1.80. The number of esters is 1. The fourth-order valence-corrected chi connectivity index (χ4v) is 4.03. The van der Waals surface area contributed by atoms with E-state index in [1.165, 1.54) is 0 Å². The van der Waals surface area contributed by atoms with Crippen LogP contribution in [0.4, 0.5) is 0 Å². The number of carbonyl (C=O) groups is 2. The minimum absolute atomic E-state index is 0.177. The fraction of sp³-hybridized carbons (Fsp3) is 0.391. The molecule has 0 aliphatic heterocycles. The molecule has 0 radical (unpaired) electrons. The number of aryl methyl sites for hydroxylation is 2. The predicted octanol–water partition coefficient (Wildman–Crippen LogP) is 3.55. The number of nitrogens with one attached hydrogen (secondary N) is 1. The molecule has 1 aliphatic carbocycles. The minimum atomic E-state index is -0.876. The maximum absolute atomic E-state index is 13.1. The largest absolute Gasteiger partial charge is 0.449 e. The van der Waals surface area contributed by atoms with Gasteiger partial charge in [0.05, 0.1) is 22.3 Å². The standard InChI is InChI=1S/C23H26N4O3/c1-14-20-18(23(29)30-15(2)22(28)24-17-11-7-8-12-17)13-19(16-9-5-4-6-10-16)25-21(20)27(3)26-14/h4-6,9-10,13,15,17H,7-8,11-12H2,1-3H3,(H,24,28). The van der Waals surface area contributed by atoms with Gasteiger partial charge in [-0.25, -0.2) is 9.78 Å². The zero-order chi connectivity index (χ0) is 21.3. The van der Waals surface area contributed by atoms with Crippen LogP contribution in [0, 0.1) is 6.92 Å². The average Bonchev–Trinajstić information content (AvgIpc) is 3.35. The molecule has 0 bridgehead atoms. The van der Waals surface area contributed by atoms with Crippen molar-refractivity contribution in [2.24, 2.45) is 7.05 Å². The highest BCUT2D eigenvalue weighted by Gasteiger charge is 2.26. The number of nitrogens with zero attached hydrogens (tertiary/aromatic N) is 3. The monoisotopic (exact) mass is 406 g/mol. The van der Waals surface area contributed by atoms with Crippen LogP contribution in [0.1, 0.15) is 48.7 Å². The highest BCUT2D eigenvalue weighted by atomic mass is 16.5. The van der Waals surface area contributed by atoms with Gasteiger partial charge in [-0.3, -0.25) is 9.48 Å². The first-order chi connectivity index (χ1) is 14.4. The van der Waals surface area contributed by atoms with Gasteiger partial charge in [-0.05, 0) is 32.8 Å². The van der Waals surface area contributed by atoms with Crippen molar-refractivity contribution in [3.63, 3.8) is 0 Å². The molecule has 1 atom stereocenters. The van der Waals surface area contributed by atoms with Crippen molar-refractivity contribution >= 4 is 22.9 Å². The second kappa shape index (κ2) is 8.26. The Kier molecular flexibility index (Phi) is 5.53. The normalized spacial score (nSPS) is 15.3. The van der Waals surface area contributed by atoms with Gasteiger partial charge in [-0.2, -0.15) is 5.10 Å². The van der Waals surface area contributed by atoms with Crippen LogP contribution in [0.25, 0.3) is 22.3 Å². The van der Waals surface area contributed by atoms with Crippen molar-refractivity contribution in [2.45, 2.75) is 51.7 Å². The number of hydrogen-bond acceptors (Lipinski definition) is 5. The van der Waals surface area contributed by atoms with E-state index in [4.69, 9.17) is 9.72 Å². The third-order valence-corrected chi connectivity index (χ3v) is 5.61. The number of aromatic nitrogens is 3. The molecule has 1 saturated carbocycles. The van der Waals surface area contributed by atoms with Crippen LogP contribution < -0.4 is 5.32 Å². The number of hydrogen-bond donors (Lipinski definition) is 1. The average molecular weight is 406 g/mol. The molecule has 1 fully saturated rings. The molecule has 7 nitrogen and oxygen atoms in total. The molecule has 30 heavy (non-hydrogen) atoms. The van der Waals surface area contributed by atoms with E-state index in [1.807, 2.05) is 37.3 Å². The third kappa shape index (κ3) is 3.92. The molecule has 0 saturated heterocycles. The predicted molar refractivity (Wildman–Crippen MR) is 114 cm³/mol. The van der Waals surface area contributed by atoms with E-state index in [2.05, 4.69) is 10.4 Å². The van der Waals surface area contributed by atoms with Crippen molar-refractivity contribution in [3.8, 4) is 11.3 Å². The summed E-state index contributed by atoms with van der Waals surface area (Å²) in [5, 5.41) is 8.04. The molecule has 1 aromatic carbocycles. The van der Waals surface area contributed by atoms with E-state index in [0.717, 1.165) is 31.2 Å². The molecule has 1 aliphatic rings. The lowest BCUT2D eigenvalue weighted by Gasteiger charge is -2.17. The Morgan fingerprint density at radius 3 is 2.60 bits per heavy atom. The van der Waals surface area contributed by atoms with Crippen molar-refractivity contribution in [1.82, 2.24) is 20.1 Å². The van der Waals surface area contributed by atoms with Crippen molar-refractivity contribution in [2.75, 3.05) is 0 Å². The topological polar surface area (TPSA) is 86.1 Å². The quantitative estimate of drug-likeness (QED) is 0.655. The van der Waals surface area contributed by atoms with Crippen molar-refractivity contribution < 1.29 is 14.3 Å². The van der Waals surface area contributed by atoms with E-state index >= 15 is 0 Å². The lowest BCUT2D eigenvalue weighted by molar-refractivity contribution is -0.129. The van der Waals surface area contributed by atoms with Gasteiger partial charge in [0, 0.05) is 18.7 Å². The zero-order valence-electron chi connectivity index (χ0n) is 17.5. The van der Waals surface area contributed by atoms with Gasteiger partial charge >= 0.3 is 5.97 Å². The molecule has 1 unspecified atom stereocenters. The second-order valence-electron chi connectivity index (χ2n) is 7.87. The molecule has 1 amide bonds. The van der Waals surface area contributed by atoms with Gasteiger partial charge in [0.15, 0.2) is 11.8 Å². The first kappa shape index (κ1) is 20.1. The van der Waals surface area contributed by atoms with E-state index in [-0.39, 0.29) is 11.9 Å².